The Labute approximate surface area is 139 Å². The van der Waals surface area contributed by atoms with E-state index in [2.05, 4.69) is 5.32 Å². The molecule has 1 atom stereocenters. The lowest BCUT2D eigenvalue weighted by Crippen LogP contribution is -2.34. The lowest BCUT2D eigenvalue weighted by atomic mass is 10.2. The van der Waals surface area contributed by atoms with Crippen molar-refractivity contribution < 1.29 is 19.1 Å². The number of hydrogen-bond donors (Lipinski definition) is 1. The number of imide groups is 1. The molecular weight excluding hydrogens is 308 g/mol. The molecule has 0 aliphatic carbocycles. The van der Waals surface area contributed by atoms with Crippen LogP contribution in [0.1, 0.15) is 12.0 Å². The SMILES string of the molecule is Cc1ccc(N2C(=O)C[C@@H](Nc3ccc4c(c3)OCO4)C2=O)cc1. The van der Waals surface area contributed by atoms with Crippen LogP contribution >= 0.6 is 0 Å². The number of benzene rings is 2. The van der Waals surface area contributed by atoms with Crippen LogP contribution in [-0.2, 0) is 9.59 Å². The van der Waals surface area contributed by atoms with Crippen LogP contribution in [0.3, 0.4) is 0 Å². The van der Waals surface area contributed by atoms with Crippen LogP contribution in [-0.4, -0.2) is 24.6 Å². The zero-order valence-corrected chi connectivity index (χ0v) is 13.1. The minimum absolute atomic E-state index is 0.126. The summed E-state index contributed by atoms with van der Waals surface area (Å²) < 4.78 is 10.6. The molecule has 0 unspecified atom stereocenters. The molecule has 1 N–H and O–H groups in total. The summed E-state index contributed by atoms with van der Waals surface area (Å²) in [5, 5.41) is 3.11. The Hall–Kier alpha value is -3.02. The second kappa shape index (κ2) is 5.56. The van der Waals surface area contributed by atoms with E-state index in [-0.39, 0.29) is 25.0 Å². The monoisotopic (exact) mass is 324 g/mol. The molecular formula is C18H16N2O4. The van der Waals surface area contributed by atoms with Gasteiger partial charge in [-0.25, -0.2) is 4.90 Å². The third kappa shape index (κ3) is 2.46. The van der Waals surface area contributed by atoms with Gasteiger partial charge in [-0.1, -0.05) is 17.7 Å². The molecule has 0 aromatic heterocycles. The van der Waals surface area contributed by atoms with E-state index in [0.717, 1.165) is 11.3 Å². The molecule has 2 aliphatic heterocycles. The van der Waals surface area contributed by atoms with Gasteiger partial charge in [-0.15, -0.1) is 0 Å². The van der Waals surface area contributed by atoms with E-state index in [1.165, 1.54) is 4.90 Å². The Bertz CT molecular complexity index is 816. The predicted molar refractivity (Wildman–Crippen MR) is 88.3 cm³/mol. The number of carbonyl (C=O) groups is 2. The van der Waals surface area contributed by atoms with Crippen molar-refractivity contribution in [3.05, 3.63) is 48.0 Å². The zero-order valence-electron chi connectivity index (χ0n) is 13.1. The summed E-state index contributed by atoms with van der Waals surface area (Å²) in [6, 6.07) is 12.1. The standard InChI is InChI=1S/C18H16N2O4/c1-11-2-5-13(6-3-11)20-17(21)9-14(18(20)22)19-12-4-7-15-16(8-12)24-10-23-15/h2-8,14,19H,9-10H2,1H3/t14-/m1/s1. The summed E-state index contributed by atoms with van der Waals surface area (Å²) in [7, 11) is 0. The van der Waals surface area contributed by atoms with Gasteiger partial charge in [-0.2, -0.15) is 0 Å². The number of hydrogen-bond acceptors (Lipinski definition) is 5. The maximum Gasteiger partial charge on any atom is 0.256 e. The number of carbonyl (C=O) groups excluding carboxylic acids is 2. The van der Waals surface area contributed by atoms with Gasteiger partial charge in [-0.05, 0) is 31.2 Å². The number of fused-ring (bicyclic) bond motifs is 1. The third-order valence-electron chi connectivity index (χ3n) is 4.15. The maximum absolute atomic E-state index is 12.6. The van der Waals surface area contributed by atoms with E-state index in [1.807, 2.05) is 19.1 Å². The molecule has 2 aliphatic rings. The van der Waals surface area contributed by atoms with Gasteiger partial charge in [-0.3, -0.25) is 9.59 Å². The summed E-state index contributed by atoms with van der Waals surface area (Å²) in [6.45, 7) is 2.15. The van der Waals surface area contributed by atoms with Gasteiger partial charge in [0.1, 0.15) is 6.04 Å². The molecule has 0 radical (unpaired) electrons. The van der Waals surface area contributed by atoms with Gasteiger partial charge in [0.05, 0.1) is 12.1 Å². The smallest absolute Gasteiger partial charge is 0.256 e. The molecule has 2 heterocycles. The topological polar surface area (TPSA) is 67.9 Å². The fourth-order valence-electron chi connectivity index (χ4n) is 2.90. The molecule has 1 fully saturated rings. The van der Waals surface area contributed by atoms with Gasteiger partial charge in [0.15, 0.2) is 11.5 Å². The van der Waals surface area contributed by atoms with Crippen molar-refractivity contribution in [1.29, 1.82) is 0 Å². The lowest BCUT2D eigenvalue weighted by molar-refractivity contribution is -0.121. The van der Waals surface area contributed by atoms with E-state index in [0.29, 0.717) is 17.2 Å². The quantitative estimate of drug-likeness (QED) is 0.879. The van der Waals surface area contributed by atoms with Crippen LogP contribution < -0.4 is 19.7 Å². The molecule has 6 nitrogen and oxygen atoms in total. The second-order valence-electron chi connectivity index (χ2n) is 5.87. The van der Waals surface area contributed by atoms with Crippen molar-refractivity contribution in [2.24, 2.45) is 0 Å². The van der Waals surface area contributed by atoms with Gasteiger partial charge in [0.25, 0.3) is 5.91 Å². The first-order valence-corrected chi connectivity index (χ1v) is 7.71. The van der Waals surface area contributed by atoms with Crippen molar-refractivity contribution in [2.75, 3.05) is 17.0 Å². The van der Waals surface area contributed by atoms with Gasteiger partial charge < -0.3 is 14.8 Å². The molecule has 2 amide bonds. The summed E-state index contributed by atoms with van der Waals surface area (Å²) in [6.07, 6.45) is 0.126. The largest absolute Gasteiger partial charge is 0.454 e. The molecule has 0 saturated carbocycles. The Morgan fingerprint density at radius 2 is 1.79 bits per heavy atom. The number of ether oxygens (including phenoxy) is 2. The molecule has 0 bridgehead atoms. The van der Waals surface area contributed by atoms with Crippen LogP contribution in [0.15, 0.2) is 42.5 Å². The first-order valence-electron chi connectivity index (χ1n) is 7.71. The highest BCUT2D eigenvalue weighted by atomic mass is 16.7. The summed E-state index contributed by atoms with van der Waals surface area (Å²) in [4.78, 5) is 26.1. The maximum atomic E-state index is 12.6. The number of anilines is 2. The number of amides is 2. The number of rotatable bonds is 3. The van der Waals surface area contributed by atoms with Crippen LogP contribution in [0.2, 0.25) is 0 Å². The highest BCUT2D eigenvalue weighted by Gasteiger charge is 2.39. The summed E-state index contributed by atoms with van der Waals surface area (Å²) >= 11 is 0. The van der Waals surface area contributed by atoms with Gasteiger partial charge in [0.2, 0.25) is 12.7 Å². The van der Waals surface area contributed by atoms with Crippen molar-refractivity contribution in [1.82, 2.24) is 0 Å². The second-order valence-corrected chi connectivity index (χ2v) is 5.87. The molecule has 2 aromatic rings. The van der Waals surface area contributed by atoms with Crippen molar-refractivity contribution >= 4 is 23.2 Å². The van der Waals surface area contributed by atoms with Crippen LogP contribution in [0.4, 0.5) is 11.4 Å². The molecule has 24 heavy (non-hydrogen) atoms. The molecule has 1 saturated heterocycles. The van der Waals surface area contributed by atoms with Gasteiger partial charge >= 0.3 is 0 Å². The minimum Gasteiger partial charge on any atom is -0.454 e. The lowest BCUT2D eigenvalue weighted by Gasteiger charge is -2.16. The van der Waals surface area contributed by atoms with Crippen molar-refractivity contribution in [3.63, 3.8) is 0 Å². The summed E-state index contributed by atoms with van der Waals surface area (Å²) in [5.74, 6) is 0.853. The van der Waals surface area contributed by atoms with Crippen LogP contribution in [0.25, 0.3) is 0 Å². The fourth-order valence-corrected chi connectivity index (χ4v) is 2.90. The average Bonchev–Trinajstić information content (AvgIpc) is 3.13. The first-order chi connectivity index (χ1) is 11.6. The van der Waals surface area contributed by atoms with Crippen LogP contribution in [0, 0.1) is 6.92 Å². The van der Waals surface area contributed by atoms with Crippen molar-refractivity contribution in [3.8, 4) is 11.5 Å². The molecule has 6 heteroatoms. The Morgan fingerprint density at radius 1 is 1.04 bits per heavy atom. The zero-order chi connectivity index (χ0) is 16.7. The normalized spacial score (nSPS) is 19.0. The van der Waals surface area contributed by atoms with Crippen LogP contribution in [0.5, 0.6) is 11.5 Å². The first kappa shape index (κ1) is 14.6. The molecule has 0 spiro atoms. The van der Waals surface area contributed by atoms with E-state index >= 15 is 0 Å². The van der Waals surface area contributed by atoms with Gasteiger partial charge in [0, 0.05) is 11.8 Å². The highest BCUT2D eigenvalue weighted by Crippen LogP contribution is 2.35. The van der Waals surface area contributed by atoms with Crippen molar-refractivity contribution in [2.45, 2.75) is 19.4 Å². The number of aryl methyl sites for hydroxylation is 1. The number of nitrogens with one attached hydrogen (secondary N) is 1. The fraction of sp³-hybridized carbons (Fsp3) is 0.222. The van der Waals surface area contributed by atoms with E-state index in [9.17, 15) is 9.59 Å². The van der Waals surface area contributed by atoms with E-state index in [1.54, 1.807) is 30.3 Å². The average molecular weight is 324 g/mol. The Balaban J connectivity index is 1.54. The molecule has 2 aromatic carbocycles. The molecule has 4 rings (SSSR count). The third-order valence-corrected chi connectivity index (χ3v) is 4.15. The minimum atomic E-state index is -0.584. The summed E-state index contributed by atoms with van der Waals surface area (Å²) in [5.41, 5.74) is 2.40. The number of nitrogens with zero attached hydrogens (tertiary/aromatic N) is 1. The Kier molecular flexibility index (Phi) is 3.37. The predicted octanol–water partition coefficient (Wildman–Crippen LogP) is 2.47. The highest BCUT2D eigenvalue weighted by molar-refractivity contribution is 6.23. The van der Waals surface area contributed by atoms with E-state index in [4.69, 9.17) is 9.47 Å². The van der Waals surface area contributed by atoms with E-state index < -0.39 is 6.04 Å². The Morgan fingerprint density at radius 3 is 2.58 bits per heavy atom. The molecule has 122 valence electrons.